The van der Waals surface area contributed by atoms with Crippen molar-refractivity contribution in [1.82, 2.24) is 0 Å². The highest BCUT2D eigenvalue weighted by Crippen LogP contribution is 2.20. The second-order valence-corrected chi connectivity index (χ2v) is 4.39. The van der Waals surface area contributed by atoms with Gasteiger partial charge >= 0.3 is 11.6 Å². The Kier molecular flexibility index (Phi) is 3.16. The Morgan fingerprint density at radius 1 is 1.00 bits per heavy atom. The summed E-state index contributed by atoms with van der Waals surface area (Å²) in [5.41, 5.74) is 0.186. The third-order valence-electron chi connectivity index (χ3n) is 2.91. The summed E-state index contributed by atoms with van der Waals surface area (Å²) in [6.07, 6.45) is 0. The second kappa shape index (κ2) is 5.13. The van der Waals surface area contributed by atoms with Crippen LogP contribution in [0.25, 0.3) is 11.0 Å². The lowest BCUT2D eigenvalue weighted by atomic mass is 10.2. The number of carbonyl (C=O) groups excluding carboxylic acids is 1. The molecule has 0 saturated carbocycles. The Bertz CT molecular complexity index is 862. The fourth-order valence-electron chi connectivity index (χ4n) is 1.87. The molecule has 1 aromatic heterocycles. The summed E-state index contributed by atoms with van der Waals surface area (Å²) in [6, 6.07) is 13.5. The van der Waals surface area contributed by atoms with Gasteiger partial charge in [-0.3, -0.25) is 0 Å². The van der Waals surface area contributed by atoms with E-state index in [1.807, 2.05) is 0 Å². The van der Waals surface area contributed by atoms with Crippen molar-refractivity contribution < 1.29 is 19.1 Å². The monoisotopic (exact) mass is 282 g/mol. The van der Waals surface area contributed by atoms with E-state index in [0.717, 1.165) is 5.39 Å². The highest BCUT2D eigenvalue weighted by atomic mass is 16.5. The van der Waals surface area contributed by atoms with Gasteiger partial charge in [0.1, 0.15) is 17.1 Å². The summed E-state index contributed by atoms with van der Waals surface area (Å²) >= 11 is 0. The molecule has 21 heavy (non-hydrogen) atoms. The number of fused-ring (bicyclic) bond motifs is 1. The Morgan fingerprint density at radius 2 is 1.71 bits per heavy atom. The standard InChI is InChI=1S/C16H10O5/c17-12-5-1-11(2-6-12)16(19)20-13-7-3-10-4-8-15(18)21-14(10)9-13/h1-9,17H. The third kappa shape index (κ3) is 2.76. The SMILES string of the molecule is O=C(Oc1ccc2ccc(=O)oc2c1)c1ccc(O)cc1. The first-order chi connectivity index (χ1) is 10.1. The van der Waals surface area contributed by atoms with Gasteiger partial charge in [0.25, 0.3) is 0 Å². The summed E-state index contributed by atoms with van der Waals surface area (Å²) in [5.74, 6) is -0.221. The summed E-state index contributed by atoms with van der Waals surface area (Å²) in [6.45, 7) is 0. The van der Waals surface area contributed by atoms with Gasteiger partial charge < -0.3 is 14.3 Å². The zero-order chi connectivity index (χ0) is 14.8. The maximum absolute atomic E-state index is 11.9. The van der Waals surface area contributed by atoms with Crippen molar-refractivity contribution in [1.29, 1.82) is 0 Å². The average Bonchev–Trinajstić information content (AvgIpc) is 2.47. The van der Waals surface area contributed by atoms with Gasteiger partial charge in [-0.05, 0) is 42.5 Å². The molecule has 0 aliphatic heterocycles. The molecule has 3 aromatic rings. The van der Waals surface area contributed by atoms with Crippen LogP contribution < -0.4 is 10.4 Å². The number of rotatable bonds is 2. The van der Waals surface area contributed by atoms with Crippen LogP contribution in [0.15, 0.2) is 63.8 Å². The molecule has 0 saturated heterocycles. The molecule has 0 radical (unpaired) electrons. The molecular weight excluding hydrogens is 272 g/mol. The van der Waals surface area contributed by atoms with Crippen LogP contribution in [0.4, 0.5) is 0 Å². The fourth-order valence-corrected chi connectivity index (χ4v) is 1.87. The van der Waals surface area contributed by atoms with Gasteiger partial charge in [-0.25, -0.2) is 9.59 Å². The number of hydrogen-bond acceptors (Lipinski definition) is 5. The maximum atomic E-state index is 11.9. The molecule has 0 fully saturated rings. The highest BCUT2D eigenvalue weighted by molar-refractivity contribution is 5.91. The van der Waals surface area contributed by atoms with Crippen molar-refractivity contribution in [2.24, 2.45) is 0 Å². The molecule has 0 unspecified atom stereocenters. The second-order valence-electron chi connectivity index (χ2n) is 4.39. The minimum absolute atomic E-state index is 0.0685. The largest absolute Gasteiger partial charge is 0.508 e. The normalized spacial score (nSPS) is 10.5. The first kappa shape index (κ1) is 12.9. The highest BCUT2D eigenvalue weighted by Gasteiger charge is 2.09. The number of hydrogen-bond donors (Lipinski definition) is 1. The number of carbonyl (C=O) groups is 1. The van der Waals surface area contributed by atoms with Gasteiger partial charge in [-0.15, -0.1) is 0 Å². The fraction of sp³-hybridized carbons (Fsp3) is 0. The van der Waals surface area contributed by atoms with Crippen molar-refractivity contribution in [3.05, 3.63) is 70.6 Å². The van der Waals surface area contributed by atoms with Crippen molar-refractivity contribution in [2.75, 3.05) is 0 Å². The number of esters is 1. The van der Waals surface area contributed by atoms with Crippen molar-refractivity contribution in [3.63, 3.8) is 0 Å². The molecule has 0 aliphatic rings. The zero-order valence-corrected chi connectivity index (χ0v) is 10.8. The van der Waals surface area contributed by atoms with E-state index in [0.29, 0.717) is 11.1 Å². The molecule has 0 bridgehead atoms. The van der Waals surface area contributed by atoms with Gasteiger partial charge in [-0.2, -0.15) is 0 Å². The van der Waals surface area contributed by atoms with Crippen LogP contribution in [0.2, 0.25) is 0 Å². The van der Waals surface area contributed by atoms with E-state index in [1.54, 1.807) is 18.2 Å². The number of phenolic OH excluding ortho intramolecular Hbond substituents is 1. The van der Waals surface area contributed by atoms with E-state index in [1.165, 1.54) is 36.4 Å². The molecule has 5 nitrogen and oxygen atoms in total. The van der Waals surface area contributed by atoms with Gasteiger partial charge in [0.05, 0.1) is 5.56 Å². The van der Waals surface area contributed by atoms with E-state index in [2.05, 4.69) is 0 Å². The molecule has 0 spiro atoms. The maximum Gasteiger partial charge on any atom is 0.343 e. The third-order valence-corrected chi connectivity index (χ3v) is 2.91. The number of phenols is 1. The lowest BCUT2D eigenvalue weighted by Gasteiger charge is -2.05. The van der Waals surface area contributed by atoms with Crippen LogP contribution in [0.3, 0.4) is 0 Å². The lowest BCUT2D eigenvalue weighted by molar-refractivity contribution is 0.0735. The summed E-state index contributed by atoms with van der Waals surface area (Å²) < 4.78 is 10.2. The van der Waals surface area contributed by atoms with Crippen LogP contribution in [-0.2, 0) is 0 Å². The Labute approximate surface area is 119 Å². The van der Waals surface area contributed by atoms with Crippen molar-refractivity contribution in [3.8, 4) is 11.5 Å². The first-order valence-electron chi connectivity index (χ1n) is 6.17. The topological polar surface area (TPSA) is 76.7 Å². The van der Waals surface area contributed by atoms with Crippen LogP contribution in [-0.4, -0.2) is 11.1 Å². The van der Waals surface area contributed by atoms with Crippen LogP contribution in [0, 0.1) is 0 Å². The summed E-state index contributed by atoms with van der Waals surface area (Å²) in [7, 11) is 0. The van der Waals surface area contributed by atoms with E-state index in [4.69, 9.17) is 9.15 Å². The average molecular weight is 282 g/mol. The van der Waals surface area contributed by atoms with Crippen LogP contribution >= 0.6 is 0 Å². The molecule has 0 atom stereocenters. The van der Waals surface area contributed by atoms with E-state index in [-0.39, 0.29) is 11.5 Å². The first-order valence-corrected chi connectivity index (χ1v) is 6.17. The number of ether oxygens (including phenoxy) is 1. The smallest absolute Gasteiger partial charge is 0.343 e. The summed E-state index contributed by atoms with van der Waals surface area (Å²) in [4.78, 5) is 23.1. The Morgan fingerprint density at radius 3 is 2.48 bits per heavy atom. The van der Waals surface area contributed by atoms with Crippen molar-refractivity contribution >= 4 is 16.9 Å². The van der Waals surface area contributed by atoms with E-state index < -0.39 is 11.6 Å². The number of aromatic hydroxyl groups is 1. The summed E-state index contributed by atoms with van der Waals surface area (Å²) in [5, 5.41) is 9.91. The minimum atomic E-state index is -0.562. The van der Waals surface area contributed by atoms with E-state index in [9.17, 15) is 14.7 Å². The molecule has 3 rings (SSSR count). The van der Waals surface area contributed by atoms with Gasteiger partial charge in [0.2, 0.25) is 0 Å². The Hall–Kier alpha value is -3.08. The molecule has 104 valence electrons. The number of benzene rings is 2. The predicted molar refractivity (Wildman–Crippen MR) is 75.5 cm³/mol. The molecule has 1 N–H and O–H groups in total. The Balaban J connectivity index is 1.89. The molecule has 5 heteroatoms. The quantitative estimate of drug-likeness (QED) is 0.444. The molecule has 0 amide bonds. The molecule has 1 heterocycles. The molecule has 2 aromatic carbocycles. The van der Waals surface area contributed by atoms with Gasteiger partial charge in [0, 0.05) is 17.5 Å². The van der Waals surface area contributed by atoms with Crippen LogP contribution in [0.5, 0.6) is 11.5 Å². The van der Waals surface area contributed by atoms with Crippen molar-refractivity contribution in [2.45, 2.75) is 0 Å². The molecular formula is C16H10O5. The molecule has 0 aliphatic carbocycles. The lowest BCUT2D eigenvalue weighted by Crippen LogP contribution is -2.08. The van der Waals surface area contributed by atoms with E-state index >= 15 is 0 Å². The van der Waals surface area contributed by atoms with Gasteiger partial charge in [0.15, 0.2) is 0 Å². The zero-order valence-electron chi connectivity index (χ0n) is 10.8. The predicted octanol–water partition coefficient (Wildman–Crippen LogP) is 2.72. The van der Waals surface area contributed by atoms with Crippen LogP contribution in [0.1, 0.15) is 10.4 Å². The minimum Gasteiger partial charge on any atom is -0.508 e. The van der Waals surface area contributed by atoms with Gasteiger partial charge in [-0.1, -0.05) is 0 Å².